The minimum atomic E-state index is -1.05. The highest BCUT2D eigenvalue weighted by Crippen LogP contribution is 2.49. The molecule has 15 heteroatoms. The van der Waals surface area contributed by atoms with Gasteiger partial charge in [-0.1, -0.05) is 114 Å². The van der Waals surface area contributed by atoms with Crippen molar-refractivity contribution >= 4 is 52.5 Å². The second-order valence-corrected chi connectivity index (χ2v) is 26.9. The highest BCUT2D eigenvalue weighted by Gasteiger charge is 2.58. The SMILES string of the molecule is C=CC[N+](C)(C)c1ccc(C(=O)O[C@@H]2C=CC(=O)C3(CC(=O)O[C@@H]3/C=C(\C)CCC=C(C)C)C2)cc1.CC(C)=CCC/C(C)=C/[C@H]1N(c2ccccc2)C(=O)CC12C[C@H](O)C=CC2=O.CCCCN1C(=O)CC2(C[C@H](O)C=CC2=O)[C@H]1/C=C(\C)CCC=C(C)C.[Br-]. The Kier molecular flexibility index (Phi) is 27.6. The Hall–Kier alpha value is -6.91. The van der Waals surface area contributed by atoms with Crippen LogP contribution in [0.1, 0.15) is 169 Å². The third-order valence-electron chi connectivity index (χ3n) is 18.1. The Morgan fingerprint density at radius 1 is 0.637 bits per heavy atom. The molecule has 2 aromatic rings. The van der Waals surface area contributed by atoms with Crippen LogP contribution < -0.4 is 26.4 Å². The van der Waals surface area contributed by atoms with Crippen molar-refractivity contribution < 1.29 is 70.2 Å². The number of hydrogen-bond donors (Lipinski definition) is 2. The molecule has 2 amide bonds. The van der Waals surface area contributed by atoms with E-state index in [4.69, 9.17) is 9.47 Å². The van der Waals surface area contributed by atoms with Crippen molar-refractivity contribution in [3.05, 3.63) is 179 Å². The van der Waals surface area contributed by atoms with Crippen LogP contribution in [0.5, 0.6) is 0 Å². The molecule has 8 rings (SSSR count). The number of anilines is 1. The minimum absolute atomic E-state index is 0. The molecule has 9 atom stereocenters. The van der Waals surface area contributed by atoms with E-state index >= 15 is 0 Å². The Bertz CT molecular complexity index is 3240. The number of aliphatic hydroxyl groups is 2. The number of aliphatic hydroxyl groups excluding tert-OH is 2. The normalized spacial score (nSPS) is 26.2. The molecule has 2 N–H and O–H groups in total. The van der Waals surface area contributed by atoms with Gasteiger partial charge in [-0.2, -0.15) is 0 Å². The Morgan fingerprint density at radius 3 is 1.64 bits per heavy atom. The van der Waals surface area contributed by atoms with Crippen molar-refractivity contribution in [3.63, 3.8) is 0 Å². The van der Waals surface area contributed by atoms with Crippen LogP contribution in [-0.4, -0.2) is 120 Å². The smallest absolute Gasteiger partial charge is 0.338 e. The van der Waals surface area contributed by atoms with Crippen molar-refractivity contribution in [2.24, 2.45) is 16.2 Å². The first-order valence-electron chi connectivity index (χ1n) is 32.2. The number of allylic oxidation sites excluding steroid dienone is 12. The summed E-state index contributed by atoms with van der Waals surface area (Å²) in [5, 5.41) is 20.4. The maximum Gasteiger partial charge on any atom is 0.338 e. The number of para-hydroxylation sites is 1. The summed E-state index contributed by atoms with van der Waals surface area (Å²) in [6, 6.07) is 16.2. The van der Waals surface area contributed by atoms with E-state index in [1.165, 1.54) is 46.6 Å². The van der Waals surface area contributed by atoms with Gasteiger partial charge in [-0.3, -0.25) is 33.3 Å². The molecule has 3 saturated heterocycles. The summed E-state index contributed by atoms with van der Waals surface area (Å²) in [5.74, 6) is -1.15. The number of likely N-dealkylation sites (tertiary alicyclic amines) is 1. The minimum Gasteiger partial charge on any atom is -1.00 e. The van der Waals surface area contributed by atoms with E-state index in [9.17, 15) is 43.8 Å². The van der Waals surface area contributed by atoms with Crippen molar-refractivity contribution in [1.29, 1.82) is 0 Å². The molecule has 3 aliphatic carbocycles. The molecule has 3 fully saturated rings. The lowest BCUT2D eigenvalue weighted by molar-refractivity contribution is -0.140. The first-order chi connectivity index (χ1) is 42.6. The van der Waals surface area contributed by atoms with Gasteiger partial charge < -0.3 is 46.5 Å². The van der Waals surface area contributed by atoms with Gasteiger partial charge in [0.25, 0.3) is 0 Å². The fourth-order valence-corrected chi connectivity index (χ4v) is 13.1. The number of ketones is 3. The van der Waals surface area contributed by atoms with Crippen LogP contribution >= 0.6 is 0 Å². The zero-order valence-electron chi connectivity index (χ0n) is 56.0. The number of carbonyl (C=O) groups excluding carboxylic acids is 7. The lowest BCUT2D eigenvalue weighted by Crippen LogP contribution is -3.00. The number of likely N-dealkylation sites (N-methyl/N-ethyl adjacent to an activating group) is 1. The molecule has 6 aliphatic rings. The third-order valence-corrected chi connectivity index (χ3v) is 18.1. The van der Waals surface area contributed by atoms with E-state index in [0.29, 0.717) is 23.0 Å². The number of amides is 2. The van der Waals surface area contributed by atoms with Crippen LogP contribution in [0.4, 0.5) is 11.4 Å². The van der Waals surface area contributed by atoms with Crippen molar-refractivity contribution in [2.75, 3.05) is 32.1 Å². The van der Waals surface area contributed by atoms with Gasteiger partial charge in [-0.15, -0.1) is 0 Å². The summed E-state index contributed by atoms with van der Waals surface area (Å²) in [6.45, 7) is 25.9. The number of halogens is 1. The van der Waals surface area contributed by atoms with E-state index in [1.807, 2.05) is 66.4 Å². The Morgan fingerprint density at radius 2 is 1.12 bits per heavy atom. The summed E-state index contributed by atoms with van der Waals surface area (Å²) in [6.07, 6.45) is 29.3. The molecule has 0 aromatic heterocycles. The molecule has 3 spiro atoms. The predicted octanol–water partition coefficient (Wildman–Crippen LogP) is 10.8. The summed E-state index contributed by atoms with van der Waals surface area (Å²) in [5.41, 5.74) is 6.73. The van der Waals surface area contributed by atoms with Crippen LogP contribution in [0.2, 0.25) is 0 Å². The number of unbranched alkanes of at least 4 members (excludes halogenated alkanes) is 1. The standard InChI is InChI=1S/C30H38NO5.C24H29NO3.C22H33NO3.BrH/c1-7-17-31(5,6)24-13-11-23(12-14-24)29(34)35-25-15-16-26(32)30(19-25)20-28(33)36-27(30)18-22(4)10-8-9-21(2)3;1-17(2)8-7-9-18(3)14-21-24(15-20(26)12-13-22(24)27)16-23(28)25(21)19-10-5-4-6-11-19;1-5-6-12-23-19(13-17(4)9-7-8-16(2)3)22(15-21(23)26)14-18(24)10-11-20(22)25;/h7,9,11-16,18,25,27H,1,8,10,17,19-20H2,2-6H3;4-6,8,10-14,20-21,26H,7,9,15-16H2,1-3H3;8,10-11,13,18-19,24H,5-7,9,12,14-15H2,1-4H3;1H/q+1;;;/p-1/b22-18+;18-14+;17-13+;/t25-,27-,30?;20-,21-,24?;18-,19-,22?;/m111./s1. The molecule has 3 heterocycles. The lowest BCUT2D eigenvalue weighted by Gasteiger charge is -2.37. The fourth-order valence-electron chi connectivity index (χ4n) is 13.1. The first-order valence-corrected chi connectivity index (χ1v) is 32.2. The van der Waals surface area contributed by atoms with Crippen molar-refractivity contribution in [2.45, 2.75) is 196 Å². The van der Waals surface area contributed by atoms with E-state index < -0.39 is 52.6 Å². The molecule has 0 saturated carbocycles. The highest BCUT2D eigenvalue weighted by molar-refractivity contribution is 6.08. The van der Waals surface area contributed by atoms with Crippen LogP contribution in [0.3, 0.4) is 0 Å². The number of nitrogens with zero attached hydrogens (tertiary/aromatic N) is 3. The van der Waals surface area contributed by atoms with Gasteiger partial charge in [-0.25, -0.2) is 4.79 Å². The molecule has 492 valence electrons. The summed E-state index contributed by atoms with van der Waals surface area (Å²) in [4.78, 5) is 93.4. The molecule has 3 aliphatic heterocycles. The Labute approximate surface area is 552 Å². The molecule has 2 aromatic carbocycles. The second kappa shape index (κ2) is 33.6. The van der Waals surface area contributed by atoms with Crippen LogP contribution in [-0.2, 0) is 38.2 Å². The number of hydrogen-bond acceptors (Lipinski definition) is 11. The van der Waals surface area contributed by atoms with Gasteiger partial charge in [0.15, 0.2) is 17.3 Å². The summed E-state index contributed by atoms with van der Waals surface area (Å²) in [7, 11) is 4.13. The monoisotopic (exact) mass is 1310 g/mol. The Balaban J connectivity index is 0.000000251. The van der Waals surface area contributed by atoms with Crippen LogP contribution in [0, 0.1) is 16.2 Å². The molecule has 0 radical (unpaired) electrons. The zero-order chi connectivity index (χ0) is 66.1. The molecule has 91 heavy (non-hydrogen) atoms. The van der Waals surface area contributed by atoms with Gasteiger partial charge in [0, 0.05) is 31.5 Å². The number of cyclic esters (lactones) is 1. The number of rotatable bonds is 21. The largest absolute Gasteiger partial charge is 1.00 e. The number of quaternary nitrogens is 1. The molecule has 0 bridgehead atoms. The van der Waals surface area contributed by atoms with Gasteiger partial charge in [0.2, 0.25) is 11.8 Å². The topological polar surface area (TPSA) is 185 Å². The van der Waals surface area contributed by atoms with E-state index in [0.717, 1.165) is 80.4 Å². The first kappa shape index (κ1) is 74.8. The molecular weight excluding hydrogens is 1210 g/mol. The quantitative estimate of drug-likeness (QED) is 0.0689. The van der Waals surface area contributed by atoms with Gasteiger partial charge in [0.05, 0.1) is 66.6 Å². The molecular formula is C76H100BrN3O11. The number of benzene rings is 2. The molecule has 14 nitrogen and oxygen atoms in total. The van der Waals surface area contributed by atoms with Crippen molar-refractivity contribution in [1.82, 2.24) is 9.38 Å². The van der Waals surface area contributed by atoms with Gasteiger partial charge >= 0.3 is 11.9 Å². The maximum absolute atomic E-state index is 13.0. The third kappa shape index (κ3) is 19.3. The summed E-state index contributed by atoms with van der Waals surface area (Å²) < 4.78 is 12.0. The molecule has 3 unspecified atom stereocenters. The van der Waals surface area contributed by atoms with Crippen molar-refractivity contribution in [3.8, 4) is 0 Å². The van der Waals surface area contributed by atoms with Crippen LogP contribution in [0.25, 0.3) is 0 Å². The number of esters is 2. The van der Waals surface area contributed by atoms with E-state index in [1.54, 1.807) is 29.2 Å². The fraction of sp³-hybridized carbons (Fsp3) is 0.487. The average molecular weight is 1310 g/mol. The van der Waals surface area contributed by atoms with Gasteiger partial charge in [0.1, 0.15) is 24.4 Å². The van der Waals surface area contributed by atoms with Gasteiger partial charge in [-0.05, 0) is 193 Å². The number of carbonyl (C=O) groups is 7. The highest BCUT2D eigenvalue weighted by atomic mass is 79.9. The number of ether oxygens (including phenoxy) is 2. The predicted molar refractivity (Wildman–Crippen MR) is 359 cm³/mol. The average Bonchev–Trinajstić information content (AvgIpc) is 1.63. The zero-order valence-corrected chi connectivity index (χ0v) is 57.6. The van der Waals surface area contributed by atoms with E-state index in [-0.39, 0.29) is 90.3 Å². The van der Waals surface area contributed by atoms with E-state index in [2.05, 4.69) is 113 Å². The summed E-state index contributed by atoms with van der Waals surface area (Å²) >= 11 is 0. The lowest BCUT2D eigenvalue weighted by atomic mass is 9.69. The second-order valence-electron chi connectivity index (χ2n) is 26.9. The van der Waals surface area contributed by atoms with Crippen LogP contribution in [0.15, 0.2) is 174 Å². The maximum atomic E-state index is 13.0.